The molecule has 0 bridgehead atoms. The first-order valence-corrected chi connectivity index (χ1v) is 4.79. The summed E-state index contributed by atoms with van der Waals surface area (Å²) in [7, 11) is 0. The Bertz CT molecular complexity index is 418. The zero-order valence-electron chi connectivity index (χ0n) is 9.24. The van der Waals surface area contributed by atoms with E-state index in [4.69, 9.17) is 0 Å². The Balaban J connectivity index is -0.000000224. The third kappa shape index (κ3) is 7.26. The molecule has 0 heterocycles. The molecule has 1 aliphatic carbocycles. The van der Waals surface area contributed by atoms with Gasteiger partial charge in [-0.15, -0.1) is 36.1 Å². The van der Waals surface area contributed by atoms with Crippen LogP contribution in [-0.4, -0.2) is 0 Å². The zero-order valence-corrected chi connectivity index (χ0v) is 13.2. The van der Waals surface area contributed by atoms with Crippen molar-refractivity contribution in [1.29, 1.82) is 0 Å². The molecule has 0 amide bonds. The molecule has 0 nitrogen and oxygen atoms in total. The maximum Gasteiger partial charge on any atom is 4.00 e. The summed E-state index contributed by atoms with van der Waals surface area (Å²) >= 11 is 0. The molecule has 94 valence electrons. The van der Waals surface area contributed by atoms with Crippen molar-refractivity contribution in [1.82, 2.24) is 0 Å². The standard InChI is InChI=1S/C9H7.C5H5.CH4.2ClH.Zr/c1-2-5-9-7-3-6-8(9)4-1;1-2-4-5-3-1;;;;/h1-7H;1-3H,4H2;1H4;2*1H;/q2*-1;;;;+4/p-2. The molecule has 0 N–H and O–H groups in total. The molecular weight excluding hydrogens is 342 g/mol. The molecule has 2 aromatic rings. The number of hydrogen-bond acceptors (Lipinski definition) is 0. The van der Waals surface area contributed by atoms with Crippen LogP contribution in [0.3, 0.4) is 0 Å². The predicted molar refractivity (Wildman–Crippen MR) is 67.8 cm³/mol. The van der Waals surface area contributed by atoms with Crippen LogP contribution in [0.5, 0.6) is 0 Å². The van der Waals surface area contributed by atoms with Gasteiger partial charge in [0.1, 0.15) is 0 Å². The molecule has 0 aromatic heterocycles. The number of rotatable bonds is 0. The van der Waals surface area contributed by atoms with Crippen molar-refractivity contribution in [2.24, 2.45) is 0 Å². The maximum absolute atomic E-state index is 2.99. The quantitative estimate of drug-likeness (QED) is 0.504. The molecule has 2 aromatic carbocycles. The van der Waals surface area contributed by atoms with Crippen molar-refractivity contribution in [2.75, 3.05) is 0 Å². The van der Waals surface area contributed by atoms with Gasteiger partial charge >= 0.3 is 26.2 Å². The molecule has 0 atom stereocenters. The van der Waals surface area contributed by atoms with Gasteiger partial charge in [-0.3, -0.25) is 6.08 Å². The summed E-state index contributed by atoms with van der Waals surface area (Å²) in [5, 5.41) is 2.66. The van der Waals surface area contributed by atoms with Crippen LogP contribution in [0.2, 0.25) is 0 Å². The molecule has 18 heavy (non-hydrogen) atoms. The van der Waals surface area contributed by atoms with E-state index in [0.29, 0.717) is 0 Å². The van der Waals surface area contributed by atoms with Crippen molar-refractivity contribution in [2.45, 2.75) is 13.8 Å². The van der Waals surface area contributed by atoms with Crippen LogP contribution in [0.15, 0.2) is 60.7 Å². The third-order valence-corrected chi connectivity index (χ3v) is 2.13. The zero-order chi connectivity index (χ0) is 9.64. The van der Waals surface area contributed by atoms with E-state index in [1.807, 2.05) is 12.2 Å². The van der Waals surface area contributed by atoms with Crippen molar-refractivity contribution in [3.05, 3.63) is 66.8 Å². The normalized spacial score (nSPS) is 10.0. The molecule has 3 rings (SSSR count). The van der Waals surface area contributed by atoms with Gasteiger partial charge in [-0.05, 0) is 0 Å². The van der Waals surface area contributed by atoms with Crippen LogP contribution < -0.4 is 24.8 Å². The molecule has 3 heteroatoms. The van der Waals surface area contributed by atoms with Gasteiger partial charge in [-0.1, -0.05) is 13.5 Å². The van der Waals surface area contributed by atoms with Crippen LogP contribution >= 0.6 is 0 Å². The van der Waals surface area contributed by atoms with Crippen molar-refractivity contribution in [3.63, 3.8) is 0 Å². The summed E-state index contributed by atoms with van der Waals surface area (Å²) in [6.07, 6.45) is 10.0. The number of hydrogen-bond donors (Lipinski definition) is 0. The van der Waals surface area contributed by atoms with Gasteiger partial charge in [-0.2, -0.15) is 23.6 Å². The Morgan fingerprint density at radius 3 is 2.28 bits per heavy atom. The first-order chi connectivity index (χ1) is 6.97. The second-order valence-corrected chi connectivity index (χ2v) is 3.16. The molecule has 1 aliphatic rings. The average molecular weight is 358 g/mol. The van der Waals surface area contributed by atoms with E-state index in [1.54, 1.807) is 0 Å². The van der Waals surface area contributed by atoms with Gasteiger partial charge in [0.05, 0.1) is 0 Å². The topological polar surface area (TPSA) is 0 Å². The minimum Gasteiger partial charge on any atom is -1.00 e. The monoisotopic (exact) mass is 356 g/mol. The first-order valence-electron chi connectivity index (χ1n) is 4.79. The van der Waals surface area contributed by atoms with Crippen molar-refractivity contribution in [3.8, 4) is 0 Å². The summed E-state index contributed by atoms with van der Waals surface area (Å²) in [6.45, 7) is 0. The number of fused-ring (bicyclic) bond motifs is 1. The fourth-order valence-electron chi connectivity index (χ4n) is 1.41. The largest absolute Gasteiger partial charge is 4.00 e. The van der Waals surface area contributed by atoms with Crippen molar-refractivity contribution < 1.29 is 51.0 Å². The molecule has 0 spiro atoms. The summed E-state index contributed by atoms with van der Waals surface area (Å²) in [6, 6.07) is 14.7. The van der Waals surface area contributed by atoms with Gasteiger partial charge in [0.15, 0.2) is 0 Å². The summed E-state index contributed by atoms with van der Waals surface area (Å²) in [5.74, 6) is 0. The Hall–Kier alpha value is -0.227. The van der Waals surface area contributed by atoms with Crippen molar-refractivity contribution >= 4 is 10.8 Å². The van der Waals surface area contributed by atoms with E-state index in [1.165, 1.54) is 10.8 Å². The van der Waals surface area contributed by atoms with E-state index in [2.05, 4.69) is 54.6 Å². The van der Waals surface area contributed by atoms with E-state index < -0.39 is 0 Å². The van der Waals surface area contributed by atoms with Gasteiger partial charge in [0, 0.05) is 0 Å². The second-order valence-electron chi connectivity index (χ2n) is 3.16. The van der Waals surface area contributed by atoms with Crippen LogP contribution in [0.4, 0.5) is 0 Å². The van der Waals surface area contributed by atoms with Gasteiger partial charge in [0.2, 0.25) is 0 Å². The van der Waals surface area contributed by atoms with Gasteiger partial charge < -0.3 is 24.8 Å². The van der Waals surface area contributed by atoms with E-state index in [0.717, 1.165) is 6.42 Å². The molecule has 0 unspecified atom stereocenters. The summed E-state index contributed by atoms with van der Waals surface area (Å²) in [4.78, 5) is 0. The Morgan fingerprint density at radius 1 is 1.06 bits per heavy atom. The van der Waals surface area contributed by atoms with Crippen LogP contribution in [-0.2, 0) is 26.2 Å². The first kappa shape index (κ1) is 22.9. The van der Waals surface area contributed by atoms with Crippen LogP contribution in [0.1, 0.15) is 13.8 Å². The van der Waals surface area contributed by atoms with Crippen LogP contribution in [0, 0.1) is 6.08 Å². The number of benzene rings is 1. The molecule has 0 fully saturated rings. The minimum absolute atomic E-state index is 0. The minimum atomic E-state index is 0. The molecular formula is C15H16Cl2Zr. The Labute approximate surface area is 141 Å². The van der Waals surface area contributed by atoms with E-state index in [9.17, 15) is 0 Å². The fraction of sp³-hybridized carbons (Fsp3) is 0.133. The third-order valence-electron chi connectivity index (χ3n) is 2.13. The van der Waals surface area contributed by atoms with Crippen LogP contribution in [0.25, 0.3) is 10.8 Å². The van der Waals surface area contributed by atoms with Gasteiger partial charge in [0.25, 0.3) is 0 Å². The summed E-state index contributed by atoms with van der Waals surface area (Å²) in [5.41, 5.74) is 0. The number of allylic oxidation sites excluding steroid dienone is 4. The Kier molecular flexibility index (Phi) is 16.8. The fourth-order valence-corrected chi connectivity index (χ4v) is 1.41. The molecule has 0 saturated carbocycles. The van der Waals surface area contributed by atoms with E-state index >= 15 is 0 Å². The second kappa shape index (κ2) is 13.2. The summed E-state index contributed by atoms with van der Waals surface area (Å²) < 4.78 is 0. The molecule has 0 radical (unpaired) electrons. The molecule has 0 saturated heterocycles. The number of halogens is 2. The van der Waals surface area contributed by atoms with E-state index in [-0.39, 0.29) is 58.4 Å². The van der Waals surface area contributed by atoms with Gasteiger partial charge in [-0.25, -0.2) is 12.2 Å². The smallest absolute Gasteiger partial charge is 1.00 e. The average Bonchev–Trinajstić information content (AvgIpc) is 2.92. The predicted octanol–water partition coefficient (Wildman–Crippen LogP) is -1.49. The molecule has 0 aliphatic heterocycles. The maximum atomic E-state index is 2.99. The Morgan fingerprint density at radius 2 is 1.78 bits per heavy atom. The SMILES string of the molecule is C.[C-]1=CC=CC1.[Cl-].[Cl-].[Zr+4].c1ccc2[cH-]ccc2c1.